The topological polar surface area (TPSA) is 59.2 Å². The number of hydrogen-bond acceptors (Lipinski definition) is 4. The van der Waals surface area contributed by atoms with Gasteiger partial charge in [-0.2, -0.15) is 4.98 Å². The lowest BCUT2D eigenvalue weighted by Crippen LogP contribution is -2.27. The minimum absolute atomic E-state index is 0.00765. The van der Waals surface area contributed by atoms with Crippen molar-refractivity contribution < 1.29 is 9.32 Å². The normalized spacial score (nSPS) is 10.7. The summed E-state index contributed by atoms with van der Waals surface area (Å²) in [6, 6.07) is 15.4. The Hall–Kier alpha value is -2.66. The van der Waals surface area contributed by atoms with Gasteiger partial charge in [0, 0.05) is 12.6 Å². The molecular weight excluding hydrogens is 350 g/mol. The number of carbonyl (C=O) groups is 1. The van der Waals surface area contributed by atoms with Crippen molar-refractivity contribution in [3.8, 4) is 11.4 Å². The summed E-state index contributed by atoms with van der Waals surface area (Å²) in [5.41, 5.74) is 2.95. The van der Waals surface area contributed by atoms with Gasteiger partial charge in [-0.3, -0.25) is 4.79 Å². The van der Waals surface area contributed by atoms with E-state index in [4.69, 9.17) is 16.1 Å². The van der Waals surface area contributed by atoms with Crippen LogP contribution >= 0.6 is 11.6 Å². The molecule has 0 aliphatic carbocycles. The lowest BCUT2D eigenvalue weighted by molar-refractivity contribution is -0.130. The molecule has 3 rings (SSSR count). The highest BCUT2D eigenvalue weighted by Gasteiger charge is 2.16. The second-order valence-corrected chi connectivity index (χ2v) is 6.50. The van der Waals surface area contributed by atoms with Gasteiger partial charge in [0.1, 0.15) is 0 Å². The Balaban J connectivity index is 1.63. The summed E-state index contributed by atoms with van der Waals surface area (Å²) < 4.78 is 5.26. The third-order valence-corrected chi connectivity index (χ3v) is 4.50. The molecule has 0 N–H and O–H groups in total. The number of benzene rings is 2. The van der Waals surface area contributed by atoms with Crippen molar-refractivity contribution >= 4 is 17.5 Å². The molecule has 6 heteroatoms. The molecule has 1 aromatic heterocycles. The smallest absolute Gasteiger partial charge is 0.246 e. The minimum atomic E-state index is -0.00765. The SMILES string of the molecule is CCc1ccc(CC(=O)N(C)Cc2nc(-c3ccccc3Cl)no2)cc1. The van der Waals surface area contributed by atoms with E-state index >= 15 is 0 Å². The molecule has 5 nitrogen and oxygen atoms in total. The first-order valence-electron chi connectivity index (χ1n) is 8.46. The van der Waals surface area contributed by atoms with Gasteiger partial charge in [-0.1, -0.05) is 60.1 Å². The molecule has 0 unspecified atom stereocenters. The molecule has 0 atom stereocenters. The van der Waals surface area contributed by atoms with E-state index in [0.29, 0.717) is 28.7 Å². The summed E-state index contributed by atoms with van der Waals surface area (Å²) in [6.07, 6.45) is 1.32. The minimum Gasteiger partial charge on any atom is -0.337 e. The Morgan fingerprint density at radius 1 is 1.12 bits per heavy atom. The van der Waals surface area contributed by atoms with Crippen LogP contribution in [-0.4, -0.2) is 28.0 Å². The molecule has 0 fully saturated rings. The molecule has 0 saturated carbocycles. The van der Waals surface area contributed by atoms with Crippen molar-refractivity contribution in [3.63, 3.8) is 0 Å². The average Bonchev–Trinajstić information content (AvgIpc) is 3.11. The van der Waals surface area contributed by atoms with Gasteiger partial charge < -0.3 is 9.42 Å². The van der Waals surface area contributed by atoms with Crippen LogP contribution in [0.25, 0.3) is 11.4 Å². The maximum Gasteiger partial charge on any atom is 0.246 e. The summed E-state index contributed by atoms with van der Waals surface area (Å²) in [7, 11) is 1.72. The van der Waals surface area contributed by atoms with E-state index in [1.807, 2.05) is 30.3 Å². The van der Waals surface area contributed by atoms with E-state index in [9.17, 15) is 4.79 Å². The van der Waals surface area contributed by atoms with Crippen LogP contribution in [0.5, 0.6) is 0 Å². The first-order valence-corrected chi connectivity index (χ1v) is 8.84. The number of likely N-dealkylation sites (N-methyl/N-ethyl adjacent to an activating group) is 1. The number of nitrogens with zero attached hydrogens (tertiary/aromatic N) is 3. The lowest BCUT2D eigenvalue weighted by atomic mass is 10.1. The van der Waals surface area contributed by atoms with Gasteiger partial charge in [-0.25, -0.2) is 0 Å². The van der Waals surface area contributed by atoms with Crippen LogP contribution < -0.4 is 0 Å². The molecule has 2 aromatic carbocycles. The molecule has 0 bridgehead atoms. The molecule has 134 valence electrons. The van der Waals surface area contributed by atoms with E-state index < -0.39 is 0 Å². The third kappa shape index (κ3) is 4.29. The highest BCUT2D eigenvalue weighted by atomic mass is 35.5. The van der Waals surface area contributed by atoms with Crippen molar-refractivity contribution in [2.24, 2.45) is 0 Å². The Morgan fingerprint density at radius 2 is 1.81 bits per heavy atom. The van der Waals surface area contributed by atoms with Crippen LogP contribution in [-0.2, 0) is 24.2 Å². The molecule has 0 aliphatic rings. The van der Waals surface area contributed by atoms with Crippen molar-refractivity contribution in [1.82, 2.24) is 15.0 Å². The predicted octanol–water partition coefficient (Wildman–Crippen LogP) is 4.15. The van der Waals surface area contributed by atoms with E-state index in [1.165, 1.54) is 5.56 Å². The first kappa shape index (κ1) is 18.1. The molecule has 1 heterocycles. The van der Waals surface area contributed by atoms with E-state index in [2.05, 4.69) is 29.2 Å². The van der Waals surface area contributed by atoms with Crippen LogP contribution in [0.1, 0.15) is 23.9 Å². The number of aryl methyl sites for hydroxylation is 1. The van der Waals surface area contributed by atoms with Crippen LogP contribution in [0.2, 0.25) is 5.02 Å². The fraction of sp³-hybridized carbons (Fsp3) is 0.250. The van der Waals surface area contributed by atoms with Crippen LogP contribution in [0, 0.1) is 0 Å². The van der Waals surface area contributed by atoms with Gasteiger partial charge in [0.05, 0.1) is 18.0 Å². The zero-order valence-corrected chi connectivity index (χ0v) is 15.5. The largest absolute Gasteiger partial charge is 0.337 e. The van der Waals surface area contributed by atoms with Gasteiger partial charge in [0.15, 0.2) is 0 Å². The Morgan fingerprint density at radius 3 is 2.50 bits per heavy atom. The number of halogens is 1. The summed E-state index contributed by atoms with van der Waals surface area (Å²) in [5, 5.41) is 4.51. The molecule has 3 aromatic rings. The van der Waals surface area contributed by atoms with Crippen molar-refractivity contribution in [2.45, 2.75) is 26.3 Å². The van der Waals surface area contributed by atoms with Gasteiger partial charge in [-0.15, -0.1) is 0 Å². The number of rotatable bonds is 6. The first-order chi connectivity index (χ1) is 12.6. The van der Waals surface area contributed by atoms with Crippen LogP contribution in [0.3, 0.4) is 0 Å². The number of carbonyl (C=O) groups excluding carboxylic acids is 1. The zero-order valence-electron chi connectivity index (χ0n) is 14.8. The van der Waals surface area contributed by atoms with Crippen molar-refractivity contribution in [1.29, 1.82) is 0 Å². The molecule has 0 saturated heterocycles. The maximum absolute atomic E-state index is 12.4. The number of amides is 1. The summed E-state index contributed by atoms with van der Waals surface area (Å²) in [5.74, 6) is 0.783. The highest BCUT2D eigenvalue weighted by molar-refractivity contribution is 6.33. The Kier molecular flexibility index (Phi) is 5.68. The molecule has 26 heavy (non-hydrogen) atoms. The summed E-state index contributed by atoms with van der Waals surface area (Å²) >= 11 is 6.15. The standard InChI is InChI=1S/C20H20ClN3O2/c1-3-14-8-10-15(11-9-14)12-19(25)24(2)13-18-22-20(23-26-18)16-6-4-5-7-17(16)21/h4-11H,3,12-13H2,1-2H3. The van der Waals surface area contributed by atoms with Crippen molar-refractivity contribution in [2.75, 3.05) is 7.05 Å². The molecule has 1 amide bonds. The Bertz CT molecular complexity index is 890. The molecule has 0 aliphatic heterocycles. The van der Waals surface area contributed by atoms with E-state index in [-0.39, 0.29) is 12.5 Å². The molecular formula is C20H20ClN3O2. The predicted molar refractivity (Wildman–Crippen MR) is 101 cm³/mol. The quantitative estimate of drug-likeness (QED) is 0.654. The average molecular weight is 370 g/mol. The Labute approximate surface area is 157 Å². The van der Waals surface area contributed by atoms with Gasteiger partial charge >= 0.3 is 0 Å². The van der Waals surface area contributed by atoms with E-state index in [0.717, 1.165) is 12.0 Å². The van der Waals surface area contributed by atoms with Gasteiger partial charge in [-0.05, 0) is 29.7 Å². The monoisotopic (exact) mass is 369 g/mol. The molecule has 0 spiro atoms. The highest BCUT2D eigenvalue weighted by Crippen LogP contribution is 2.25. The maximum atomic E-state index is 12.4. The van der Waals surface area contributed by atoms with Crippen molar-refractivity contribution in [3.05, 3.63) is 70.6 Å². The second-order valence-electron chi connectivity index (χ2n) is 6.09. The van der Waals surface area contributed by atoms with Gasteiger partial charge in [0.25, 0.3) is 0 Å². The summed E-state index contributed by atoms with van der Waals surface area (Å²) in [6.45, 7) is 2.36. The lowest BCUT2D eigenvalue weighted by Gasteiger charge is -2.14. The third-order valence-electron chi connectivity index (χ3n) is 4.17. The fourth-order valence-electron chi connectivity index (χ4n) is 2.56. The summed E-state index contributed by atoms with van der Waals surface area (Å²) in [4.78, 5) is 18.3. The van der Waals surface area contributed by atoms with Gasteiger partial charge in [0.2, 0.25) is 17.6 Å². The van der Waals surface area contributed by atoms with Crippen LogP contribution in [0.15, 0.2) is 53.1 Å². The molecule has 0 radical (unpaired) electrons. The van der Waals surface area contributed by atoms with E-state index in [1.54, 1.807) is 18.0 Å². The number of aromatic nitrogens is 2. The number of hydrogen-bond donors (Lipinski definition) is 0. The zero-order chi connectivity index (χ0) is 18.5. The van der Waals surface area contributed by atoms with Crippen LogP contribution in [0.4, 0.5) is 0 Å². The second kappa shape index (κ2) is 8.15. The fourth-order valence-corrected chi connectivity index (χ4v) is 2.78.